The van der Waals surface area contributed by atoms with Gasteiger partial charge in [0.25, 0.3) is 0 Å². The smallest absolute Gasteiger partial charge is 0.119 e. The lowest BCUT2D eigenvalue weighted by atomic mass is 10.3. The maximum Gasteiger partial charge on any atom is 0.119 e. The van der Waals surface area contributed by atoms with Crippen molar-refractivity contribution in [2.24, 2.45) is 0 Å². The van der Waals surface area contributed by atoms with E-state index in [2.05, 4.69) is 29.5 Å². The summed E-state index contributed by atoms with van der Waals surface area (Å²) in [5.41, 5.74) is 0.938. The quantitative estimate of drug-likeness (QED) is 0.804. The summed E-state index contributed by atoms with van der Waals surface area (Å²) in [6.45, 7) is 6.16. The minimum atomic E-state index is 0.438. The molecule has 6 heteroatoms. The van der Waals surface area contributed by atoms with Gasteiger partial charge >= 0.3 is 0 Å². The number of hydrogen-bond donors (Lipinski definition) is 1. The Bertz CT molecular complexity index is 537. The van der Waals surface area contributed by atoms with Gasteiger partial charge in [-0.25, -0.2) is 4.68 Å². The lowest BCUT2D eigenvalue weighted by molar-refractivity contribution is 0.289. The average molecular weight is 290 g/mol. The maximum absolute atomic E-state index is 5.66. The third-order valence-corrected chi connectivity index (χ3v) is 2.93. The van der Waals surface area contributed by atoms with Gasteiger partial charge in [-0.1, -0.05) is 19.1 Å². The molecule has 0 amide bonds. The van der Waals surface area contributed by atoms with Crippen molar-refractivity contribution >= 4 is 0 Å². The molecule has 1 N–H and O–H groups in total. The highest BCUT2D eigenvalue weighted by Gasteiger charge is 2.02. The van der Waals surface area contributed by atoms with Gasteiger partial charge in [0.1, 0.15) is 18.1 Å². The summed E-state index contributed by atoms with van der Waals surface area (Å²) in [5.74, 6) is 1.64. The van der Waals surface area contributed by atoms with Gasteiger partial charge in [-0.3, -0.25) is 0 Å². The number of ether oxygens (including phenoxy) is 2. The zero-order valence-corrected chi connectivity index (χ0v) is 12.7. The number of nitrogens with one attached hydrogen (secondary N) is 1. The number of aromatic nitrogens is 3. The van der Waals surface area contributed by atoms with Crippen LogP contribution < -0.4 is 14.8 Å². The van der Waals surface area contributed by atoms with E-state index in [0.717, 1.165) is 23.7 Å². The SMILES string of the molecule is COc1ccc(OCCn2cc(CNC(C)C)nn2)cc1. The molecule has 1 aromatic carbocycles. The van der Waals surface area contributed by atoms with Gasteiger partial charge in [0, 0.05) is 18.8 Å². The molecule has 2 aromatic rings. The predicted octanol–water partition coefficient (Wildman–Crippen LogP) is 1.86. The second-order valence-corrected chi connectivity index (χ2v) is 5.03. The third-order valence-electron chi connectivity index (χ3n) is 2.93. The van der Waals surface area contributed by atoms with Crippen molar-refractivity contribution in [3.8, 4) is 11.5 Å². The first-order valence-electron chi connectivity index (χ1n) is 7.06. The first kappa shape index (κ1) is 15.3. The minimum Gasteiger partial charge on any atom is -0.497 e. The molecule has 1 aromatic heterocycles. The molecule has 0 bridgehead atoms. The molecular formula is C15H22N4O2. The van der Waals surface area contributed by atoms with Crippen LogP contribution in [0, 0.1) is 0 Å². The summed E-state index contributed by atoms with van der Waals surface area (Å²) in [6.07, 6.45) is 1.94. The third kappa shape index (κ3) is 5.07. The van der Waals surface area contributed by atoms with Gasteiger partial charge in [0.05, 0.1) is 19.3 Å². The summed E-state index contributed by atoms with van der Waals surface area (Å²) in [7, 11) is 1.65. The Morgan fingerprint density at radius 3 is 2.57 bits per heavy atom. The van der Waals surface area contributed by atoms with Crippen molar-refractivity contribution in [1.82, 2.24) is 20.3 Å². The van der Waals surface area contributed by atoms with Crippen LogP contribution in [0.25, 0.3) is 0 Å². The second kappa shape index (κ2) is 7.64. The molecule has 0 radical (unpaired) electrons. The Morgan fingerprint density at radius 1 is 1.19 bits per heavy atom. The first-order valence-corrected chi connectivity index (χ1v) is 7.06. The number of methoxy groups -OCH3 is 1. The molecule has 0 fully saturated rings. The molecule has 114 valence electrons. The molecule has 21 heavy (non-hydrogen) atoms. The van der Waals surface area contributed by atoms with E-state index >= 15 is 0 Å². The highest BCUT2D eigenvalue weighted by atomic mass is 16.5. The zero-order valence-electron chi connectivity index (χ0n) is 12.7. The van der Waals surface area contributed by atoms with Crippen molar-refractivity contribution in [3.63, 3.8) is 0 Å². The van der Waals surface area contributed by atoms with Crippen molar-refractivity contribution in [3.05, 3.63) is 36.2 Å². The average Bonchev–Trinajstić information content (AvgIpc) is 2.94. The molecule has 0 saturated carbocycles. The van der Waals surface area contributed by atoms with Gasteiger partial charge < -0.3 is 14.8 Å². The van der Waals surface area contributed by atoms with Crippen LogP contribution in [0.3, 0.4) is 0 Å². The van der Waals surface area contributed by atoms with Gasteiger partial charge in [-0.2, -0.15) is 0 Å². The van der Waals surface area contributed by atoms with Crippen LogP contribution in [0.5, 0.6) is 11.5 Å². The van der Waals surface area contributed by atoms with Gasteiger partial charge in [-0.05, 0) is 24.3 Å². The molecule has 0 spiro atoms. The summed E-state index contributed by atoms with van der Waals surface area (Å²) >= 11 is 0. The van der Waals surface area contributed by atoms with Crippen molar-refractivity contribution in [1.29, 1.82) is 0 Å². The minimum absolute atomic E-state index is 0.438. The highest BCUT2D eigenvalue weighted by Crippen LogP contribution is 2.16. The second-order valence-electron chi connectivity index (χ2n) is 5.03. The van der Waals surface area contributed by atoms with Crippen LogP contribution in [0.1, 0.15) is 19.5 Å². The lowest BCUT2D eigenvalue weighted by Gasteiger charge is -2.06. The topological polar surface area (TPSA) is 61.2 Å². The van der Waals surface area contributed by atoms with Crippen LogP contribution in [-0.2, 0) is 13.1 Å². The summed E-state index contributed by atoms with van der Waals surface area (Å²) in [4.78, 5) is 0. The van der Waals surface area contributed by atoms with Crippen molar-refractivity contribution in [2.75, 3.05) is 13.7 Å². The molecule has 0 aliphatic carbocycles. The summed E-state index contributed by atoms with van der Waals surface area (Å²) in [5, 5.41) is 11.5. The highest BCUT2D eigenvalue weighted by molar-refractivity contribution is 5.31. The van der Waals surface area contributed by atoms with Crippen LogP contribution in [0.15, 0.2) is 30.5 Å². The molecule has 0 unspecified atom stereocenters. The van der Waals surface area contributed by atoms with Crippen LogP contribution in [0.2, 0.25) is 0 Å². The van der Waals surface area contributed by atoms with Crippen molar-refractivity contribution in [2.45, 2.75) is 33.0 Å². The molecule has 0 aliphatic rings. The molecule has 1 heterocycles. The maximum atomic E-state index is 5.66. The normalized spacial score (nSPS) is 10.9. The fourth-order valence-corrected chi connectivity index (χ4v) is 1.77. The van der Waals surface area contributed by atoms with E-state index in [9.17, 15) is 0 Å². The Balaban J connectivity index is 1.75. The van der Waals surface area contributed by atoms with Crippen molar-refractivity contribution < 1.29 is 9.47 Å². The molecule has 0 saturated heterocycles. The Kier molecular flexibility index (Phi) is 5.57. The fourth-order valence-electron chi connectivity index (χ4n) is 1.77. The number of rotatable bonds is 8. The molecule has 0 aliphatic heterocycles. The van der Waals surface area contributed by atoms with Crippen LogP contribution in [-0.4, -0.2) is 34.8 Å². The standard InChI is InChI=1S/C15H22N4O2/c1-12(2)16-10-13-11-19(18-17-13)8-9-21-15-6-4-14(20-3)5-7-15/h4-7,11-12,16H,8-10H2,1-3H3. The van der Waals surface area contributed by atoms with Gasteiger partial charge in [-0.15, -0.1) is 5.10 Å². The lowest BCUT2D eigenvalue weighted by Crippen LogP contribution is -2.21. The monoisotopic (exact) mass is 290 g/mol. The Hall–Kier alpha value is -2.08. The number of hydrogen-bond acceptors (Lipinski definition) is 5. The van der Waals surface area contributed by atoms with Crippen LogP contribution in [0.4, 0.5) is 0 Å². The van der Waals surface area contributed by atoms with E-state index in [1.165, 1.54) is 0 Å². The molecular weight excluding hydrogens is 268 g/mol. The van der Waals surface area contributed by atoms with E-state index in [0.29, 0.717) is 19.2 Å². The van der Waals surface area contributed by atoms with E-state index < -0.39 is 0 Å². The number of benzene rings is 1. The zero-order chi connectivity index (χ0) is 15.1. The summed E-state index contributed by atoms with van der Waals surface area (Å²) < 4.78 is 12.6. The van der Waals surface area contributed by atoms with E-state index in [1.807, 2.05) is 30.5 Å². The van der Waals surface area contributed by atoms with Gasteiger partial charge in [0.2, 0.25) is 0 Å². The fraction of sp³-hybridized carbons (Fsp3) is 0.467. The predicted molar refractivity (Wildman–Crippen MR) is 80.5 cm³/mol. The first-order chi connectivity index (χ1) is 10.2. The number of nitrogens with zero attached hydrogens (tertiary/aromatic N) is 3. The largest absolute Gasteiger partial charge is 0.497 e. The van der Waals surface area contributed by atoms with Crippen LogP contribution >= 0.6 is 0 Å². The molecule has 0 atom stereocenters. The Morgan fingerprint density at radius 2 is 1.90 bits per heavy atom. The summed E-state index contributed by atoms with van der Waals surface area (Å²) in [6, 6.07) is 7.96. The molecule has 6 nitrogen and oxygen atoms in total. The van der Waals surface area contributed by atoms with Gasteiger partial charge in [0.15, 0.2) is 0 Å². The van der Waals surface area contributed by atoms with E-state index in [1.54, 1.807) is 11.8 Å². The van der Waals surface area contributed by atoms with E-state index in [-0.39, 0.29) is 0 Å². The Labute approximate surface area is 125 Å². The van der Waals surface area contributed by atoms with E-state index in [4.69, 9.17) is 9.47 Å². The molecule has 2 rings (SSSR count).